The molecule has 0 saturated carbocycles. The Balaban J connectivity index is 1.83. The second-order valence-electron chi connectivity index (χ2n) is 9.18. The van der Waals surface area contributed by atoms with E-state index in [0.29, 0.717) is 19.0 Å². The minimum absolute atomic E-state index is 0.0759. The number of fused-ring (bicyclic) bond motifs is 1. The van der Waals surface area contributed by atoms with Crippen molar-refractivity contribution in [1.29, 1.82) is 15.8 Å². The Bertz CT molecular complexity index is 1200. The first kappa shape index (κ1) is 22.3. The summed E-state index contributed by atoms with van der Waals surface area (Å²) in [5, 5.41) is 30.4. The highest BCUT2D eigenvalue weighted by Gasteiger charge is 2.54. The number of hydrogen-bond donors (Lipinski definition) is 1. The molecule has 0 bridgehead atoms. The highest BCUT2D eigenvalue weighted by molar-refractivity contribution is 5.59. The minimum Gasteiger partial charge on any atom is -0.399 e. The molecule has 0 saturated heterocycles. The third kappa shape index (κ3) is 3.80. The fraction of sp³-hybridized carbons (Fsp3) is 0.321. The van der Waals surface area contributed by atoms with Gasteiger partial charge >= 0.3 is 0 Å². The lowest BCUT2D eigenvalue weighted by molar-refractivity contribution is 0.201. The van der Waals surface area contributed by atoms with Gasteiger partial charge in [-0.2, -0.15) is 15.8 Å². The van der Waals surface area contributed by atoms with Gasteiger partial charge in [-0.25, -0.2) is 0 Å². The van der Waals surface area contributed by atoms with Crippen LogP contribution in [0.1, 0.15) is 42.4 Å². The third-order valence-corrected chi connectivity index (χ3v) is 6.95. The van der Waals surface area contributed by atoms with Crippen molar-refractivity contribution < 1.29 is 0 Å². The van der Waals surface area contributed by atoms with Gasteiger partial charge in [-0.3, -0.25) is 4.90 Å². The molecule has 0 spiro atoms. The maximum atomic E-state index is 10.3. The number of nitrogens with two attached hydrogens (primary N) is 1. The van der Waals surface area contributed by atoms with E-state index in [0.717, 1.165) is 17.7 Å². The van der Waals surface area contributed by atoms with Crippen molar-refractivity contribution in [3.63, 3.8) is 0 Å². The van der Waals surface area contributed by atoms with Crippen molar-refractivity contribution in [3.05, 3.63) is 94.2 Å². The van der Waals surface area contributed by atoms with E-state index in [1.807, 2.05) is 30.3 Å². The van der Waals surface area contributed by atoms with Crippen LogP contribution in [0.2, 0.25) is 0 Å². The number of nitriles is 3. The minimum atomic E-state index is -1.60. The predicted molar refractivity (Wildman–Crippen MR) is 127 cm³/mol. The largest absolute Gasteiger partial charge is 0.399 e. The quantitative estimate of drug-likeness (QED) is 0.751. The molecule has 1 aliphatic heterocycles. The zero-order chi connectivity index (χ0) is 23.6. The summed E-state index contributed by atoms with van der Waals surface area (Å²) in [6.45, 7) is 6.35. The number of allylic oxidation sites excluding steroid dienone is 2. The van der Waals surface area contributed by atoms with E-state index in [9.17, 15) is 15.8 Å². The van der Waals surface area contributed by atoms with Gasteiger partial charge in [0, 0.05) is 31.5 Å². The maximum Gasteiger partial charge on any atom is 0.191 e. The summed E-state index contributed by atoms with van der Waals surface area (Å²) in [6, 6.07) is 25.0. The summed E-state index contributed by atoms with van der Waals surface area (Å²) < 4.78 is 0. The van der Waals surface area contributed by atoms with E-state index in [1.54, 1.807) is 0 Å². The van der Waals surface area contributed by atoms with Gasteiger partial charge in [0.1, 0.15) is 6.07 Å². The summed E-state index contributed by atoms with van der Waals surface area (Å²) >= 11 is 0. The van der Waals surface area contributed by atoms with Crippen molar-refractivity contribution in [1.82, 2.24) is 4.90 Å². The van der Waals surface area contributed by atoms with Gasteiger partial charge in [-0.15, -0.1) is 0 Å². The van der Waals surface area contributed by atoms with Crippen LogP contribution in [0.15, 0.2) is 77.5 Å². The van der Waals surface area contributed by atoms with Crippen molar-refractivity contribution in [2.75, 3.05) is 13.1 Å². The molecular weight excluding hydrogens is 406 g/mol. The lowest BCUT2D eigenvalue weighted by Crippen LogP contribution is -2.47. The first-order valence-electron chi connectivity index (χ1n) is 11.2. The number of hydrogen-bond acceptors (Lipinski definition) is 5. The molecule has 2 aromatic carbocycles. The normalized spacial score (nSPS) is 22.0. The molecule has 0 unspecified atom stereocenters. The van der Waals surface area contributed by atoms with Gasteiger partial charge < -0.3 is 5.73 Å². The molecule has 0 fully saturated rings. The molecule has 5 heteroatoms. The highest BCUT2D eigenvalue weighted by Crippen LogP contribution is 2.54. The standard InChI is InChI=1S/C28H27N5/c1-19(2)21-8-10-22(11-9-21)26-25-16-33(15-20-6-4-3-5-7-20)13-12-23(25)24(14-29)27(32)28(26,17-30)18-31/h3-12,19,25-26H,13,15-16,32H2,1-2H3/t25-,26+/m1/s1. The number of nitrogens with zero attached hydrogens (tertiary/aromatic N) is 4. The van der Waals surface area contributed by atoms with E-state index >= 15 is 0 Å². The van der Waals surface area contributed by atoms with Gasteiger partial charge in [-0.1, -0.05) is 74.5 Å². The topological polar surface area (TPSA) is 101 Å². The molecule has 1 aliphatic carbocycles. The lowest BCUT2D eigenvalue weighted by atomic mass is 9.58. The van der Waals surface area contributed by atoms with Crippen molar-refractivity contribution in [2.45, 2.75) is 32.2 Å². The van der Waals surface area contributed by atoms with E-state index < -0.39 is 11.3 Å². The van der Waals surface area contributed by atoms with Crippen LogP contribution in [-0.2, 0) is 6.54 Å². The Hall–Kier alpha value is -3.85. The number of benzene rings is 2. The van der Waals surface area contributed by atoms with Gasteiger partial charge in [0.05, 0.1) is 23.4 Å². The molecule has 2 aliphatic rings. The van der Waals surface area contributed by atoms with Crippen LogP contribution in [0.3, 0.4) is 0 Å². The van der Waals surface area contributed by atoms with Gasteiger partial charge in [-0.05, 0) is 28.2 Å². The molecular formula is C28H27N5. The molecule has 0 amide bonds. The van der Waals surface area contributed by atoms with E-state index in [2.05, 4.69) is 67.3 Å². The Kier molecular flexibility index (Phi) is 6.06. The average Bonchev–Trinajstić information content (AvgIpc) is 2.84. The van der Waals surface area contributed by atoms with Gasteiger partial charge in [0.15, 0.2) is 5.41 Å². The van der Waals surface area contributed by atoms with E-state index in [1.165, 1.54) is 11.1 Å². The van der Waals surface area contributed by atoms with Crippen LogP contribution < -0.4 is 5.73 Å². The second-order valence-corrected chi connectivity index (χ2v) is 9.18. The zero-order valence-electron chi connectivity index (χ0n) is 19.0. The predicted octanol–water partition coefficient (Wildman–Crippen LogP) is 4.74. The van der Waals surface area contributed by atoms with Crippen LogP contribution in [-0.4, -0.2) is 18.0 Å². The highest BCUT2D eigenvalue weighted by atomic mass is 15.1. The molecule has 2 N–H and O–H groups in total. The fourth-order valence-corrected chi connectivity index (χ4v) is 5.17. The molecule has 33 heavy (non-hydrogen) atoms. The fourth-order valence-electron chi connectivity index (χ4n) is 5.17. The molecule has 2 atom stereocenters. The smallest absolute Gasteiger partial charge is 0.191 e. The monoisotopic (exact) mass is 433 g/mol. The summed E-state index contributed by atoms with van der Waals surface area (Å²) in [4.78, 5) is 2.30. The van der Waals surface area contributed by atoms with Crippen LogP contribution in [0.4, 0.5) is 0 Å². The van der Waals surface area contributed by atoms with Crippen molar-refractivity contribution in [3.8, 4) is 18.2 Å². The molecule has 2 aromatic rings. The molecule has 164 valence electrons. The molecule has 0 aromatic heterocycles. The Morgan fingerprint density at radius 2 is 1.70 bits per heavy atom. The molecule has 5 nitrogen and oxygen atoms in total. The summed E-state index contributed by atoms with van der Waals surface area (Å²) in [7, 11) is 0. The Labute approximate surface area is 195 Å². The lowest BCUT2D eigenvalue weighted by Gasteiger charge is -2.45. The average molecular weight is 434 g/mol. The maximum absolute atomic E-state index is 10.3. The summed E-state index contributed by atoms with van der Waals surface area (Å²) in [5.74, 6) is -0.270. The Morgan fingerprint density at radius 1 is 1.03 bits per heavy atom. The van der Waals surface area contributed by atoms with Crippen LogP contribution >= 0.6 is 0 Å². The van der Waals surface area contributed by atoms with E-state index in [4.69, 9.17) is 5.73 Å². The van der Waals surface area contributed by atoms with Crippen LogP contribution in [0, 0.1) is 45.3 Å². The van der Waals surface area contributed by atoms with E-state index in [-0.39, 0.29) is 17.2 Å². The Morgan fingerprint density at radius 3 is 2.27 bits per heavy atom. The molecule has 4 rings (SSSR count). The van der Waals surface area contributed by atoms with Crippen LogP contribution in [0.25, 0.3) is 0 Å². The number of rotatable bonds is 4. The molecule has 1 heterocycles. The first-order chi connectivity index (χ1) is 15.9. The third-order valence-electron chi connectivity index (χ3n) is 6.95. The molecule has 0 radical (unpaired) electrons. The summed E-state index contributed by atoms with van der Waals surface area (Å²) in [5.41, 5.74) is 9.35. The van der Waals surface area contributed by atoms with Gasteiger partial charge in [0.25, 0.3) is 0 Å². The first-order valence-corrected chi connectivity index (χ1v) is 11.2. The van der Waals surface area contributed by atoms with Crippen molar-refractivity contribution in [2.24, 2.45) is 17.1 Å². The SMILES string of the molecule is CC(C)c1ccc([C@H]2[C@@H]3CN(Cc4ccccc4)CC=C3C(C#N)=C(N)C2(C#N)C#N)cc1. The summed E-state index contributed by atoms with van der Waals surface area (Å²) in [6.07, 6.45) is 2.05. The van der Waals surface area contributed by atoms with Crippen LogP contribution in [0.5, 0.6) is 0 Å². The van der Waals surface area contributed by atoms with Crippen molar-refractivity contribution >= 4 is 0 Å². The second kappa shape index (κ2) is 8.95. The zero-order valence-corrected chi connectivity index (χ0v) is 19.0. The van der Waals surface area contributed by atoms with Gasteiger partial charge in [0.2, 0.25) is 0 Å².